The van der Waals surface area contributed by atoms with Crippen molar-refractivity contribution in [3.63, 3.8) is 0 Å². The van der Waals surface area contributed by atoms with Gasteiger partial charge in [0.25, 0.3) is 0 Å². The van der Waals surface area contributed by atoms with Crippen LogP contribution in [0.2, 0.25) is 0 Å². The highest BCUT2D eigenvalue weighted by Gasteiger charge is 2.08. The number of carbonyl (C=O) groups excluding carboxylic acids is 1. The Morgan fingerprint density at radius 3 is 2.89 bits per heavy atom. The Bertz CT molecular complexity index is 380. The van der Waals surface area contributed by atoms with E-state index in [1.165, 1.54) is 0 Å². The van der Waals surface area contributed by atoms with Crippen molar-refractivity contribution in [1.29, 1.82) is 0 Å². The Morgan fingerprint density at radius 1 is 1.44 bits per heavy atom. The van der Waals surface area contributed by atoms with Crippen LogP contribution in [0, 0.1) is 0 Å². The van der Waals surface area contributed by atoms with E-state index < -0.39 is 0 Å². The molecule has 0 aliphatic heterocycles. The molecular formula is C14H22N2O2. The Hall–Kier alpha value is -1.55. The fraction of sp³-hybridized carbons (Fsp3) is 0.500. The first-order valence-corrected chi connectivity index (χ1v) is 6.22. The molecule has 0 saturated heterocycles. The van der Waals surface area contributed by atoms with Gasteiger partial charge >= 0.3 is 0 Å². The van der Waals surface area contributed by atoms with Gasteiger partial charge in [-0.3, -0.25) is 4.79 Å². The number of hydrogen-bond donors (Lipinski definition) is 2. The highest BCUT2D eigenvalue weighted by Crippen LogP contribution is 2.13. The summed E-state index contributed by atoms with van der Waals surface area (Å²) in [6.07, 6.45) is 1.32. The topological polar surface area (TPSA) is 50.4 Å². The normalized spacial score (nSPS) is 11.9. The quantitative estimate of drug-likeness (QED) is 0.768. The van der Waals surface area contributed by atoms with Crippen molar-refractivity contribution < 1.29 is 9.53 Å². The minimum atomic E-state index is 0.0831. The molecule has 0 radical (unpaired) electrons. The third-order valence-electron chi connectivity index (χ3n) is 2.69. The lowest BCUT2D eigenvalue weighted by molar-refractivity contribution is -0.121. The van der Waals surface area contributed by atoms with Crippen molar-refractivity contribution in [2.45, 2.75) is 25.8 Å². The van der Waals surface area contributed by atoms with Crippen LogP contribution < -0.4 is 15.4 Å². The lowest BCUT2D eigenvalue weighted by Gasteiger charge is -2.14. The molecule has 1 rings (SSSR count). The molecule has 1 atom stereocenters. The maximum Gasteiger partial charge on any atom is 0.221 e. The Labute approximate surface area is 109 Å². The number of hydrogen-bond acceptors (Lipinski definition) is 3. The molecule has 2 N–H and O–H groups in total. The molecule has 0 heterocycles. The van der Waals surface area contributed by atoms with Crippen molar-refractivity contribution >= 4 is 5.91 Å². The fourth-order valence-corrected chi connectivity index (χ4v) is 1.79. The van der Waals surface area contributed by atoms with Crippen LogP contribution in [-0.2, 0) is 11.2 Å². The average Bonchev–Trinajstić information content (AvgIpc) is 2.36. The zero-order chi connectivity index (χ0) is 13.4. The van der Waals surface area contributed by atoms with E-state index in [2.05, 4.69) is 10.6 Å². The molecule has 18 heavy (non-hydrogen) atoms. The number of rotatable bonds is 7. The average molecular weight is 250 g/mol. The number of methoxy groups -OCH3 is 1. The number of amides is 1. The standard InChI is InChI=1S/C14H22N2O2/c1-11(16-14(17)7-8-15-2)9-12-5-4-6-13(10-12)18-3/h4-6,10-11,15H,7-9H2,1-3H3,(H,16,17). The van der Waals surface area contributed by atoms with Gasteiger partial charge in [-0.25, -0.2) is 0 Å². The third-order valence-corrected chi connectivity index (χ3v) is 2.69. The van der Waals surface area contributed by atoms with Crippen LogP contribution in [0.5, 0.6) is 5.75 Å². The van der Waals surface area contributed by atoms with Gasteiger partial charge in [-0.15, -0.1) is 0 Å². The summed E-state index contributed by atoms with van der Waals surface area (Å²) in [6.45, 7) is 2.72. The zero-order valence-corrected chi connectivity index (χ0v) is 11.3. The lowest BCUT2D eigenvalue weighted by atomic mass is 10.1. The van der Waals surface area contributed by atoms with Gasteiger partial charge in [0.1, 0.15) is 5.75 Å². The molecule has 100 valence electrons. The molecule has 0 fully saturated rings. The number of carbonyl (C=O) groups is 1. The van der Waals surface area contributed by atoms with E-state index in [1.807, 2.05) is 38.2 Å². The van der Waals surface area contributed by atoms with E-state index in [-0.39, 0.29) is 11.9 Å². The molecule has 0 aliphatic rings. The molecule has 1 amide bonds. The van der Waals surface area contributed by atoms with E-state index in [1.54, 1.807) is 7.11 Å². The lowest BCUT2D eigenvalue weighted by Crippen LogP contribution is -2.35. The SMILES string of the molecule is CNCCC(=O)NC(C)Cc1cccc(OC)c1. The molecular weight excluding hydrogens is 228 g/mol. The van der Waals surface area contributed by atoms with Gasteiger partial charge in [0.15, 0.2) is 0 Å². The number of ether oxygens (including phenoxy) is 1. The summed E-state index contributed by atoms with van der Waals surface area (Å²) >= 11 is 0. The van der Waals surface area contributed by atoms with Gasteiger partial charge in [0.2, 0.25) is 5.91 Å². The van der Waals surface area contributed by atoms with E-state index in [4.69, 9.17) is 4.74 Å². The minimum absolute atomic E-state index is 0.0831. The van der Waals surface area contributed by atoms with Crippen molar-refractivity contribution in [3.8, 4) is 5.75 Å². The molecule has 1 aromatic carbocycles. The van der Waals surface area contributed by atoms with Crippen LogP contribution in [0.4, 0.5) is 0 Å². The maximum absolute atomic E-state index is 11.5. The molecule has 4 nitrogen and oxygen atoms in total. The van der Waals surface area contributed by atoms with Crippen molar-refractivity contribution in [1.82, 2.24) is 10.6 Å². The second kappa shape index (κ2) is 7.71. The van der Waals surface area contributed by atoms with E-state index >= 15 is 0 Å². The highest BCUT2D eigenvalue weighted by molar-refractivity contribution is 5.76. The van der Waals surface area contributed by atoms with Gasteiger partial charge in [-0.2, -0.15) is 0 Å². The Kier molecular flexibility index (Phi) is 6.22. The summed E-state index contributed by atoms with van der Waals surface area (Å²) in [5.41, 5.74) is 1.16. The van der Waals surface area contributed by atoms with Crippen molar-refractivity contribution in [3.05, 3.63) is 29.8 Å². The summed E-state index contributed by atoms with van der Waals surface area (Å²) in [7, 11) is 3.50. The van der Waals surface area contributed by atoms with Gasteiger partial charge in [0, 0.05) is 19.0 Å². The highest BCUT2D eigenvalue weighted by atomic mass is 16.5. The molecule has 1 aromatic rings. The predicted molar refractivity (Wildman–Crippen MR) is 72.8 cm³/mol. The van der Waals surface area contributed by atoms with Crippen LogP contribution in [-0.4, -0.2) is 32.7 Å². The first-order valence-electron chi connectivity index (χ1n) is 6.22. The van der Waals surface area contributed by atoms with E-state index in [9.17, 15) is 4.79 Å². The maximum atomic E-state index is 11.5. The zero-order valence-electron chi connectivity index (χ0n) is 11.3. The van der Waals surface area contributed by atoms with Crippen molar-refractivity contribution in [2.75, 3.05) is 20.7 Å². The van der Waals surface area contributed by atoms with Crippen molar-refractivity contribution in [2.24, 2.45) is 0 Å². The summed E-state index contributed by atoms with van der Waals surface area (Å²) < 4.78 is 5.18. The van der Waals surface area contributed by atoms with Crippen LogP contribution in [0.1, 0.15) is 18.9 Å². The molecule has 0 saturated carbocycles. The second-order valence-corrected chi connectivity index (χ2v) is 4.38. The summed E-state index contributed by atoms with van der Waals surface area (Å²) in [5.74, 6) is 0.931. The molecule has 0 bridgehead atoms. The molecule has 0 aliphatic carbocycles. The smallest absolute Gasteiger partial charge is 0.221 e. The van der Waals surface area contributed by atoms with E-state index in [0.717, 1.165) is 17.7 Å². The molecule has 0 spiro atoms. The molecule has 4 heteroatoms. The Morgan fingerprint density at radius 2 is 2.22 bits per heavy atom. The van der Waals surface area contributed by atoms with E-state index in [0.29, 0.717) is 13.0 Å². The summed E-state index contributed by atoms with van der Waals surface area (Å²) in [4.78, 5) is 11.5. The third kappa shape index (κ3) is 5.19. The van der Waals surface area contributed by atoms with Gasteiger partial charge in [-0.1, -0.05) is 12.1 Å². The summed E-state index contributed by atoms with van der Waals surface area (Å²) in [5, 5.41) is 5.94. The Balaban J connectivity index is 2.43. The monoisotopic (exact) mass is 250 g/mol. The van der Waals surface area contributed by atoms with Crippen LogP contribution in [0.3, 0.4) is 0 Å². The van der Waals surface area contributed by atoms with Gasteiger partial charge in [0.05, 0.1) is 7.11 Å². The first kappa shape index (κ1) is 14.5. The molecule has 0 aromatic heterocycles. The van der Waals surface area contributed by atoms with Crippen LogP contribution >= 0.6 is 0 Å². The van der Waals surface area contributed by atoms with Crippen LogP contribution in [0.25, 0.3) is 0 Å². The predicted octanol–water partition coefficient (Wildman–Crippen LogP) is 1.35. The largest absolute Gasteiger partial charge is 0.497 e. The fourth-order valence-electron chi connectivity index (χ4n) is 1.79. The second-order valence-electron chi connectivity index (χ2n) is 4.38. The number of benzene rings is 1. The first-order chi connectivity index (χ1) is 8.65. The molecule has 1 unspecified atom stereocenters. The van der Waals surface area contributed by atoms with Crippen LogP contribution in [0.15, 0.2) is 24.3 Å². The number of nitrogens with one attached hydrogen (secondary N) is 2. The van der Waals surface area contributed by atoms with Gasteiger partial charge in [-0.05, 0) is 38.1 Å². The summed E-state index contributed by atoms with van der Waals surface area (Å²) in [6, 6.07) is 8.04. The minimum Gasteiger partial charge on any atom is -0.497 e. The van der Waals surface area contributed by atoms with Gasteiger partial charge < -0.3 is 15.4 Å².